The molecular formula is C34H56N6O6S. The Balaban J connectivity index is 2.05. The molecule has 0 bridgehead atoms. The van der Waals surface area contributed by atoms with Crippen LogP contribution in [0.3, 0.4) is 0 Å². The first-order valence-corrected chi connectivity index (χ1v) is 17.9. The molecule has 2 aromatic heterocycles. The molecule has 0 spiro atoms. The SMILES string of the molecule is CSCC[C@H](NC(=O)[C@H](C)Cn1nc(C)cc1C)C(=O)N[C@@H](CC(C)C)[C@@H](O)C[C@@H](C)C(=O)N[C@H](C(=O)NCc1ccco1)C(C)C. The zero-order valence-electron chi connectivity index (χ0n) is 29.5. The van der Waals surface area contributed by atoms with Crippen molar-refractivity contribution in [1.82, 2.24) is 31.0 Å². The van der Waals surface area contributed by atoms with E-state index in [2.05, 4.69) is 26.4 Å². The molecule has 0 aliphatic heterocycles. The predicted octanol–water partition coefficient (Wildman–Crippen LogP) is 3.34. The lowest BCUT2D eigenvalue weighted by atomic mass is 9.91. The standard InChI is InChI=1S/C34H56N6O6S/c1-20(2)15-28(29(41)16-22(5)31(42)38-30(21(3)4)34(45)35-18-26-11-10-13-46-26)37-33(44)27(12-14-47-9)36-32(43)23(6)19-40-25(8)17-24(7)39-40/h10-11,13,17,20-23,27-30,41H,12,14-16,18-19H2,1-9H3,(H,35,45)(H,36,43)(H,37,44)(H,38,42)/t22-,23-,27+,28+,29+,30+/m1/s1. The fourth-order valence-electron chi connectivity index (χ4n) is 5.29. The van der Waals surface area contributed by atoms with Gasteiger partial charge >= 0.3 is 0 Å². The van der Waals surface area contributed by atoms with Gasteiger partial charge in [-0.25, -0.2) is 0 Å². The lowest BCUT2D eigenvalue weighted by Gasteiger charge is -2.30. The first kappa shape index (κ1) is 39.9. The van der Waals surface area contributed by atoms with Crippen LogP contribution in [-0.2, 0) is 32.3 Å². The molecule has 2 heterocycles. The highest BCUT2D eigenvalue weighted by molar-refractivity contribution is 7.98. The molecule has 5 N–H and O–H groups in total. The molecule has 13 heteroatoms. The van der Waals surface area contributed by atoms with E-state index < -0.39 is 36.1 Å². The molecule has 264 valence electrons. The van der Waals surface area contributed by atoms with Gasteiger partial charge < -0.3 is 30.8 Å². The van der Waals surface area contributed by atoms with Gasteiger partial charge in [0.2, 0.25) is 23.6 Å². The molecule has 47 heavy (non-hydrogen) atoms. The summed E-state index contributed by atoms with van der Waals surface area (Å²) < 4.78 is 7.06. The number of aliphatic hydroxyl groups excluding tert-OH is 1. The summed E-state index contributed by atoms with van der Waals surface area (Å²) in [4.78, 5) is 52.8. The number of carbonyl (C=O) groups is 4. The Labute approximate surface area is 284 Å². The largest absolute Gasteiger partial charge is 0.467 e. The van der Waals surface area contributed by atoms with Crippen LogP contribution in [-0.4, -0.2) is 74.8 Å². The average Bonchev–Trinajstić information content (AvgIpc) is 3.63. The Morgan fingerprint density at radius 2 is 1.62 bits per heavy atom. The van der Waals surface area contributed by atoms with Gasteiger partial charge in [0.1, 0.15) is 17.8 Å². The fourth-order valence-corrected chi connectivity index (χ4v) is 5.76. The van der Waals surface area contributed by atoms with Gasteiger partial charge in [0.25, 0.3) is 0 Å². The highest BCUT2D eigenvalue weighted by Crippen LogP contribution is 2.17. The Kier molecular flexibility index (Phi) is 16.5. The summed E-state index contributed by atoms with van der Waals surface area (Å²) in [5.41, 5.74) is 1.83. The number of thioether (sulfide) groups is 1. The molecule has 0 aliphatic rings. The van der Waals surface area contributed by atoms with Crippen molar-refractivity contribution < 1.29 is 28.7 Å². The number of hydrogen-bond acceptors (Lipinski definition) is 8. The van der Waals surface area contributed by atoms with Gasteiger partial charge in [-0.15, -0.1) is 0 Å². The maximum Gasteiger partial charge on any atom is 0.243 e. The number of nitrogens with one attached hydrogen (secondary N) is 4. The number of aromatic nitrogens is 2. The van der Waals surface area contributed by atoms with E-state index in [1.54, 1.807) is 42.4 Å². The predicted molar refractivity (Wildman–Crippen MR) is 184 cm³/mol. The number of nitrogens with zero attached hydrogens (tertiary/aromatic N) is 2. The summed E-state index contributed by atoms with van der Waals surface area (Å²) in [7, 11) is 0. The third-order valence-electron chi connectivity index (χ3n) is 8.07. The zero-order valence-corrected chi connectivity index (χ0v) is 30.3. The maximum absolute atomic E-state index is 13.6. The molecule has 2 rings (SSSR count). The van der Waals surface area contributed by atoms with E-state index in [-0.39, 0.29) is 48.4 Å². The quantitative estimate of drug-likeness (QED) is 0.142. The van der Waals surface area contributed by atoms with Gasteiger partial charge in [0, 0.05) is 11.6 Å². The van der Waals surface area contributed by atoms with E-state index >= 15 is 0 Å². The average molecular weight is 677 g/mol. The Morgan fingerprint density at radius 3 is 2.17 bits per heavy atom. The third kappa shape index (κ3) is 13.4. The topological polar surface area (TPSA) is 168 Å². The number of carbonyl (C=O) groups excluding carboxylic acids is 4. The van der Waals surface area contributed by atoms with Crippen LogP contribution in [0.4, 0.5) is 0 Å². The summed E-state index contributed by atoms with van der Waals surface area (Å²) in [5, 5.41) is 27.3. The molecule has 0 unspecified atom stereocenters. The lowest BCUT2D eigenvalue weighted by molar-refractivity contribution is -0.133. The third-order valence-corrected chi connectivity index (χ3v) is 8.71. The molecule has 0 radical (unpaired) electrons. The number of hydrogen-bond donors (Lipinski definition) is 5. The molecule has 0 aromatic carbocycles. The van der Waals surface area contributed by atoms with Gasteiger partial charge in [0.05, 0.1) is 43.1 Å². The van der Waals surface area contributed by atoms with Crippen molar-refractivity contribution in [2.45, 2.75) is 112 Å². The van der Waals surface area contributed by atoms with Crippen molar-refractivity contribution in [3.05, 3.63) is 41.6 Å². The minimum Gasteiger partial charge on any atom is -0.467 e. The number of furan rings is 1. The number of rotatable bonds is 20. The summed E-state index contributed by atoms with van der Waals surface area (Å²) in [6, 6.07) is 3.24. The molecule has 0 aliphatic carbocycles. The van der Waals surface area contributed by atoms with Crippen LogP contribution < -0.4 is 21.3 Å². The first-order chi connectivity index (χ1) is 22.1. The molecule has 12 nitrogen and oxygen atoms in total. The van der Waals surface area contributed by atoms with Gasteiger partial charge in [-0.1, -0.05) is 41.5 Å². The summed E-state index contributed by atoms with van der Waals surface area (Å²) >= 11 is 1.58. The molecule has 2 aromatic rings. The monoisotopic (exact) mass is 676 g/mol. The van der Waals surface area contributed by atoms with E-state index in [0.717, 1.165) is 11.4 Å². The Bertz CT molecular complexity index is 1280. The van der Waals surface area contributed by atoms with Gasteiger partial charge in [0.15, 0.2) is 0 Å². The molecule has 6 atom stereocenters. The maximum atomic E-state index is 13.6. The lowest BCUT2D eigenvalue weighted by Crippen LogP contribution is -2.54. The normalized spacial score (nSPS) is 15.4. The Morgan fingerprint density at radius 1 is 0.936 bits per heavy atom. The van der Waals surface area contributed by atoms with Crippen LogP contribution in [0, 0.1) is 37.5 Å². The van der Waals surface area contributed by atoms with Crippen LogP contribution in [0.15, 0.2) is 28.9 Å². The van der Waals surface area contributed by atoms with Gasteiger partial charge in [-0.2, -0.15) is 16.9 Å². The van der Waals surface area contributed by atoms with Crippen LogP contribution >= 0.6 is 11.8 Å². The van der Waals surface area contributed by atoms with Crippen LogP contribution in [0.5, 0.6) is 0 Å². The molecule has 0 saturated carbocycles. The van der Waals surface area contributed by atoms with E-state index in [1.165, 1.54) is 6.26 Å². The fraction of sp³-hybridized carbons (Fsp3) is 0.676. The summed E-state index contributed by atoms with van der Waals surface area (Å²) in [6.07, 6.45) is 3.40. The number of aryl methyl sites for hydroxylation is 2. The number of amides is 4. The zero-order chi connectivity index (χ0) is 35.3. The van der Waals surface area contributed by atoms with E-state index in [4.69, 9.17) is 4.42 Å². The van der Waals surface area contributed by atoms with Crippen LogP contribution in [0.1, 0.15) is 78.0 Å². The van der Waals surface area contributed by atoms with Gasteiger partial charge in [-0.05, 0) is 75.2 Å². The molecule has 4 amide bonds. The van der Waals surface area contributed by atoms with E-state index in [9.17, 15) is 24.3 Å². The summed E-state index contributed by atoms with van der Waals surface area (Å²) in [6.45, 7) is 15.6. The van der Waals surface area contributed by atoms with Crippen LogP contribution in [0.2, 0.25) is 0 Å². The highest BCUT2D eigenvalue weighted by Gasteiger charge is 2.32. The van der Waals surface area contributed by atoms with E-state index in [1.807, 2.05) is 53.9 Å². The minimum atomic E-state index is -1.03. The highest BCUT2D eigenvalue weighted by atomic mass is 32.2. The summed E-state index contributed by atoms with van der Waals surface area (Å²) in [5.74, 6) is -1.16. The van der Waals surface area contributed by atoms with E-state index in [0.29, 0.717) is 30.9 Å². The molecule has 0 fully saturated rings. The van der Waals surface area contributed by atoms with Crippen molar-refractivity contribution >= 4 is 35.4 Å². The van der Waals surface area contributed by atoms with Crippen molar-refractivity contribution in [3.8, 4) is 0 Å². The van der Waals surface area contributed by atoms with Gasteiger partial charge in [-0.3, -0.25) is 23.9 Å². The van der Waals surface area contributed by atoms with Crippen molar-refractivity contribution in [2.24, 2.45) is 23.7 Å². The van der Waals surface area contributed by atoms with Crippen LogP contribution in [0.25, 0.3) is 0 Å². The second-order valence-corrected chi connectivity index (χ2v) is 14.3. The second kappa shape index (κ2) is 19.5. The molecule has 0 saturated heterocycles. The molecular weight excluding hydrogens is 620 g/mol. The Hall–Kier alpha value is -3.32. The van der Waals surface area contributed by atoms with Crippen molar-refractivity contribution in [3.63, 3.8) is 0 Å². The minimum absolute atomic E-state index is 0.0733. The van der Waals surface area contributed by atoms with Crippen molar-refractivity contribution in [1.29, 1.82) is 0 Å². The number of aliphatic hydroxyl groups is 1. The second-order valence-electron chi connectivity index (χ2n) is 13.3. The van der Waals surface area contributed by atoms with Crippen molar-refractivity contribution in [2.75, 3.05) is 12.0 Å². The smallest absolute Gasteiger partial charge is 0.243 e. The first-order valence-electron chi connectivity index (χ1n) is 16.5.